The zero-order valence-corrected chi connectivity index (χ0v) is 13.8. The molecule has 1 aromatic carbocycles. The van der Waals surface area contributed by atoms with Crippen LogP contribution >= 0.6 is 11.3 Å². The van der Waals surface area contributed by atoms with Crippen molar-refractivity contribution in [2.45, 2.75) is 19.9 Å². The van der Waals surface area contributed by atoms with Crippen LogP contribution in [0.15, 0.2) is 45.6 Å². The van der Waals surface area contributed by atoms with Gasteiger partial charge in [-0.2, -0.15) is 21.1 Å². The molecular formula is C16H14N6OS. The summed E-state index contributed by atoms with van der Waals surface area (Å²) >= 11 is 1.59. The molecule has 0 amide bonds. The molecule has 0 aliphatic carbocycles. The van der Waals surface area contributed by atoms with E-state index >= 15 is 0 Å². The third-order valence-electron chi connectivity index (χ3n) is 3.60. The minimum Gasteiger partial charge on any atom is -0.337 e. The second-order valence-corrected chi connectivity index (χ2v) is 6.00. The second-order valence-electron chi connectivity index (χ2n) is 5.22. The van der Waals surface area contributed by atoms with Crippen LogP contribution in [0.2, 0.25) is 0 Å². The third-order valence-corrected chi connectivity index (χ3v) is 4.28. The fraction of sp³-hybridized carbons (Fsp3) is 0.188. The van der Waals surface area contributed by atoms with E-state index in [-0.39, 0.29) is 6.54 Å². The molecule has 0 unspecified atom stereocenters. The molecule has 0 atom stereocenters. The average Bonchev–Trinajstić information content (AvgIpc) is 3.37. The van der Waals surface area contributed by atoms with E-state index in [1.54, 1.807) is 11.3 Å². The molecule has 0 spiro atoms. The molecule has 4 aromatic rings. The molecule has 3 heterocycles. The van der Waals surface area contributed by atoms with E-state index in [0.29, 0.717) is 17.5 Å². The molecule has 0 saturated carbocycles. The van der Waals surface area contributed by atoms with Gasteiger partial charge in [-0.1, -0.05) is 36.3 Å². The molecular weight excluding hydrogens is 324 g/mol. The Balaban J connectivity index is 1.50. The largest absolute Gasteiger partial charge is 0.337 e. The first-order chi connectivity index (χ1) is 11.8. The fourth-order valence-electron chi connectivity index (χ4n) is 2.26. The van der Waals surface area contributed by atoms with Gasteiger partial charge in [0, 0.05) is 16.5 Å². The third kappa shape index (κ3) is 2.95. The Morgan fingerprint density at radius 2 is 1.96 bits per heavy atom. The predicted octanol–water partition coefficient (Wildman–Crippen LogP) is 3.06. The lowest BCUT2D eigenvalue weighted by Crippen LogP contribution is -2.04. The van der Waals surface area contributed by atoms with Gasteiger partial charge < -0.3 is 4.52 Å². The number of nitrogens with zero attached hydrogens (tertiary/aromatic N) is 6. The van der Waals surface area contributed by atoms with Crippen molar-refractivity contribution < 1.29 is 4.52 Å². The first kappa shape index (κ1) is 14.7. The van der Waals surface area contributed by atoms with Crippen LogP contribution in [-0.4, -0.2) is 30.3 Å². The zero-order chi connectivity index (χ0) is 16.4. The van der Waals surface area contributed by atoms with Gasteiger partial charge in [0.05, 0.1) is 0 Å². The molecule has 0 bridgehead atoms. The number of aromatic nitrogens is 6. The maximum atomic E-state index is 5.25. The SMILES string of the molecule is CCc1ccc(-c2nnn(Cc3nc(-c4ccsc4)no3)n2)cc1. The van der Waals surface area contributed by atoms with E-state index in [9.17, 15) is 0 Å². The Morgan fingerprint density at radius 1 is 1.08 bits per heavy atom. The normalized spacial score (nSPS) is 11.0. The summed E-state index contributed by atoms with van der Waals surface area (Å²) in [5, 5.41) is 20.4. The number of benzene rings is 1. The molecule has 0 N–H and O–H groups in total. The van der Waals surface area contributed by atoms with Crippen LogP contribution in [0.5, 0.6) is 0 Å². The molecule has 24 heavy (non-hydrogen) atoms. The highest BCUT2D eigenvalue weighted by Crippen LogP contribution is 2.19. The van der Waals surface area contributed by atoms with Gasteiger partial charge in [0.15, 0.2) is 0 Å². The first-order valence-corrected chi connectivity index (χ1v) is 8.48. The van der Waals surface area contributed by atoms with E-state index < -0.39 is 0 Å². The summed E-state index contributed by atoms with van der Waals surface area (Å²) in [4.78, 5) is 5.81. The van der Waals surface area contributed by atoms with E-state index in [4.69, 9.17) is 4.52 Å². The monoisotopic (exact) mass is 338 g/mol. The number of tetrazole rings is 1. The Hall–Kier alpha value is -2.87. The summed E-state index contributed by atoms with van der Waals surface area (Å²) in [5.41, 5.74) is 3.15. The molecule has 4 rings (SSSR count). The maximum absolute atomic E-state index is 5.25. The quantitative estimate of drug-likeness (QED) is 0.556. The van der Waals surface area contributed by atoms with Crippen molar-refractivity contribution in [3.05, 3.63) is 52.5 Å². The highest BCUT2D eigenvalue weighted by Gasteiger charge is 2.12. The molecule has 3 aromatic heterocycles. The van der Waals surface area contributed by atoms with Crippen LogP contribution in [0.3, 0.4) is 0 Å². The first-order valence-electron chi connectivity index (χ1n) is 7.54. The highest BCUT2D eigenvalue weighted by atomic mass is 32.1. The number of aryl methyl sites for hydroxylation is 1. The van der Waals surface area contributed by atoms with E-state index in [2.05, 4.69) is 44.6 Å². The standard InChI is InChI=1S/C16H14N6OS/c1-2-11-3-5-12(6-4-11)16-18-21-22(19-16)9-14-17-15(20-23-14)13-7-8-24-10-13/h3-8,10H,2,9H2,1H3. The molecule has 0 saturated heterocycles. The summed E-state index contributed by atoms with van der Waals surface area (Å²) in [5.74, 6) is 1.60. The fourth-order valence-corrected chi connectivity index (χ4v) is 2.90. The minimum absolute atomic E-state index is 0.289. The maximum Gasteiger partial charge on any atom is 0.250 e. The summed E-state index contributed by atoms with van der Waals surface area (Å²) < 4.78 is 5.25. The summed E-state index contributed by atoms with van der Waals surface area (Å²) in [6.07, 6.45) is 1.00. The number of hydrogen-bond acceptors (Lipinski definition) is 7. The van der Waals surface area contributed by atoms with Crippen LogP contribution in [0, 0.1) is 0 Å². The van der Waals surface area contributed by atoms with Gasteiger partial charge in [0.2, 0.25) is 11.6 Å². The number of hydrogen-bond donors (Lipinski definition) is 0. The summed E-state index contributed by atoms with van der Waals surface area (Å²) in [6.45, 7) is 2.41. The van der Waals surface area contributed by atoms with Crippen molar-refractivity contribution >= 4 is 11.3 Å². The minimum atomic E-state index is 0.289. The van der Waals surface area contributed by atoms with Gasteiger partial charge in [0.1, 0.15) is 6.54 Å². The smallest absolute Gasteiger partial charge is 0.250 e. The van der Waals surface area contributed by atoms with Gasteiger partial charge in [-0.15, -0.1) is 10.2 Å². The van der Waals surface area contributed by atoms with Gasteiger partial charge in [-0.25, -0.2) is 0 Å². The molecule has 7 nitrogen and oxygen atoms in total. The van der Waals surface area contributed by atoms with Gasteiger partial charge in [-0.3, -0.25) is 0 Å². The Labute approximate surface area is 142 Å². The van der Waals surface area contributed by atoms with Crippen LogP contribution in [0.25, 0.3) is 22.8 Å². The predicted molar refractivity (Wildman–Crippen MR) is 89.3 cm³/mol. The Morgan fingerprint density at radius 3 is 2.71 bits per heavy atom. The van der Waals surface area contributed by atoms with Crippen LogP contribution < -0.4 is 0 Å². The van der Waals surface area contributed by atoms with Crippen LogP contribution in [0.1, 0.15) is 18.4 Å². The molecule has 0 aliphatic heterocycles. The van der Waals surface area contributed by atoms with E-state index in [1.165, 1.54) is 10.4 Å². The van der Waals surface area contributed by atoms with Gasteiger partial charge >= 0.3 is 0 Å². The number of thiophene rings is 1. The van der Waals surface area contributed by atoms with Crippen molar-refractivity contribution in [2.24, 2.45) is 0 Å². The lowest BCUT2D eigenvalue weighted by atomic mass is 10.1. The summed E-state index contributed by atoms with van der Waals surface area (Å²) in [6, 6.07) is 10.1. The number of rotatable bonds is 5. The van der Waals surface area contributed by atoms with Crippen molar-refractivity contribution in [3.63, 3.8) is 0 Å². The molecule has 8 heteroatoms. The Kier molecular flexibility index (Phi) is 3.87. The Bertz CT molecular complexity index is 926. The topological polar surface area (TPSA) is 82.5 Å². The second kappa shape index (κ2) is 6.32. The molecule has 0 aliphatic rings. The van der Waals surface area contributed by atoms with Crippen molar-refractivity contribution in [3.8, 4) is 22.8 Å². The average molecular weight is 338 g/mol. The van der Waals surface area contributed by atoms with Crippen molar-refractivity contribution in [1.82, 2.24) is 30.3 Å². The molecule has 0 fully saturated rings. The summed E-state index contributed by atoms with van der Waals surface area (Å²) in [7, 11) is 0. The molecule has 120 valence electrons. The zero-order valence-electron chi connectivity index (χ0n) is 13.0. The highest BCUT2D eigenvalue weighted by molar-refractivity contribution is 7.08. The van der Waals surface area contributed by atoms with Crippen molar-refractivity contribution in [1.29, 1.82) is 0 Å². The van der Waals surface area contributed by atoms with E-state index in [0.717, 1.165) is 17.5 Å². The lowest BCUT2D eigenvalue weighted by molar-refractivity contribution is 0.356. The van der Waals surface area contributed by atoms with E-state index in [1.807, 2.05) is 29.0 Å². The van der Waals surface area contributed by atoms with Gasteiger partial charge in [0.25, 0.3) is 5.89 Å². The van der Waals surface area contributed by atoms with Gasteiger partial charge in [-0.05, 0) is 28.6 Å². The van der Waals surface area contributed by atoms with Crippen LogP contribution in [-0.2, 0) is 13.0 Å². The van der Waals surface area contributed by atoms with Crippen LogP contribution in [0.4, 0.5) is 0 Å². The molecule has 0 radical (unpaired) electrons. The lowest BCUT2D eigenvalue weighted by Gasteiger charge is -1.97. The van der Waals surface area contributed by atoms with Crippen molar-refractivity contribution in [2.75, 3.05) is 0 Å².